The first-order chi connectivity index (χ1) is 6.25. The molecule has 1 amide bonds. The summed E-state index contributed by atoms with van der Waals surface area (Å²) in [6.07, 6.45) is 3.96. The van der Waals surface area contributed by atoms with Crippen LogP contribution in [0.2, 0.25) is 0 Å². The van der Waals surface area contributed by atoms with E-state index in [-0.39, 0.29) is 12.1 Å². The molecule has 1 fully saturated rings. The molecular formula is C10H19NO2. The number of ether oxygens (including phenoxy) is 1. The molecule has 1 heterocycles. The van der Waals surface area contributed by atoms with Gasteiger partial charge in [0.25, 0.3) is 0 Å². The molecule has 0 aromatic heterocycles. The number of amides is 1. The second-order valence-electron chi connectivity index (χ2n) is 3.45. The fourth-order valence-electron chi connectivity index (χ4n) is 1.72. The molecular weight excluding hydrogens is 166 g/mol. The zero-order valence-electron chi connectivity index (χ0n) is 8.58. The van der Waals surface area contributed by atoms with E-state index in [9.17, 15) is 4.79 Å². The monoisotopic (exact) mass is 185 g/mol. The predicted octanol–water partition coefficient (Wildman–Crippen LogP) is 1.77. The number of carbonyl (C=O) groups is 1. The van der Waals surface area contributed by atoms with Crippen LogP contribution in [0.5, 0.6) is 0 Å². The molecule has 0 spiro atoms. The molecule has 1 unspecified atom stereocenters. The van der Waals surface area contributed by atoms with E-state index in [1.165, 1.54) is 6.42 Å². The molecule has 3 heteroatoms. The van der Waals surface area contributed by atoms with E-state index in [0.29, 0.717) is 13.0 Å². The Hall–Kier alpha value is -0.570. The smallest absolute Gasteiger partial charge is 0.224 e. The number of nitrogens with zero attached hydrogens (tertiary/aromatic N) is 1. The van der Waals surface area contributed by atoms with Crippen LogP contribution >= 0.6 is 0 Å². The van der Waals surface area contributed by atoms with Gasteiger partial charge in [0, 0.05) is 19.6 Å². The molecule has 76 valence electrons. The molecule has 0 N–H and O–H groups in total. The molecule has 1 aliphatic rings. The first-order valence-corrected chi connectivity index (χ1v) is 5.16. The van der Waals surface area contributed by atoms with Crippen molar-refractivity contribution < 1.29 is 9.53 Å². The molecule has 13 heavy (non-hydrogen) atoms. The highest BCUT2D eigenvalue weighted by atomic mass is 16.5. The minimum absolute atomic E-state index is 0.0457. The van der Waals surface area contributed by atoms with E-state index in [2.05, 4.69) is 0 Å². The summed E-state index contributed by atoms with van der Waals surface area (Å²) in [6, 6.07) is 0. The highest BCUT2D eigenvalue weighted by molar-refractivity contribution is 5.76. The minimum Gasteiger partial charge on any atom is -0.359 e. The van der Waals surface area contributed by atoms with E-state index in [1.54, 1.807) is 0 Å². The molecule has 0 aliphatic carbocycles. The Labute approximate surface area is 80.1 Å². The van der Waals surface area contributed by atoms with Gasteiger partial charge in [0.2, 0.25) is 5.91 Å². The summed E-state index contributed by atoms with van der Waals surface area (Å²) < 4.78 is 5.41. The first kappa shape index (κ1) is 10.5. The molecule has 1 atom stereocenters. The van der Waals surface area contributed by atoms with Crippen molar-refractivity contribution in [1.29, 1.82) is 0 Å². The lowest BCUT2D eigenvalue weighted by Crippen LogP contribution is -2.39. The van der Waals surface area contributed by atoms with Crippen molar-refractivity contribution in [1.82, 2.24) is 4.90 Å². The van der Waals surface area contributed by atoms with Gasteiger partial charge in [-0.05, 0) is 26.7 Å². The fraction of sp³-hybridized carbons (Fsp3) is 0.900. The van der Waals surface area contributed by atoms with E-state index in [1.807, 2.05) is 18.7 Å². The van der Waals surface area contributed by atoms with Crippen LogP contribution in [0.1, 0.15) is 39.5 Å². The maximum atomic E-state index is 11.6. The van der Waals surface area contributed by atoms with E-state index in [4.69, 9.17) is 4.74 Å². The Morgan fingerprint density at radius 1 is 1.46 bits per heavy atom. The average Bonchev–Trinajstić information content (AvgIpc) is 2.30. The number of hydrogen-bond donors (Lipinski definition) is 0. The van der Waals surface area contributed by atoms with Crippen molar-refractivity contribution in [3.8, 4) is 0 Å². The van der Waals surface area contributed by atoms with Gasteiger partial charge in [-0.3, -0.25) is 4.79 Å². The Morgan fingerprint density at radius 3 is 2.92 bits per heavy atom. The molecule has 0 radical (unpaired) electrons. The quantitative estimate of drug-likeness (QED) is 0.670. The first-order valence-electron chi connectivity index (χ1n) is 5.16. The van der Waals surface area contributed by atoms with Gasteiger partial charge in [-0.1, -0.05) is 6.42 Å². The lowest BCUT2D eigenvalue weighted by Gasteiger charge is -2.27. The third kappa shape index (κ3) is 2.99. The average molecular weight is 185 g/mol. The van der Waals surface area contributed by atoms with Crippen LogP contribution in [0.3, 0.4) is 0 Å². The van der Waals surface area contributed by atoms with Crippen molar-refractivity contribution in [3.05, 3.63) is 0 Å². The van der Waals surface area contributed by atoms with Gasteiger partial charge in [0.1, 0.15) is 6.23 Å². The van der Waals surface area contributed by atoms with E-state index in [0.717, 1.165) is 19.4 Å². The minimum atomic E-state index is -0.0457. The van der Waals surface area contributed by atoms with Crippen LogP contribution in [0.4, 0.5) is 0 Å². The lowest BCUT2D eigenvalue weighted by molar-refractivity contribution is -0.143. The summed E-state index contributed by atoms with van der Waals surface area (Å²) in [4.78, 5) is 13.4. The molecule has 0 aromatic carbocycles. The highest BCUT2D eigenvalue weighted by Gasteiger charge is 2.21. The maximum Gasteiger partial charge on any atom is 0.224 e. The Bertz CT molecular complexity index is 170. The van der Waals surface area contributed by atoms with Crippen molar-refractivity contribution in [2.75, 3.05) is 13.2 Å². The van der Waals surface area contributed by atoms with Gasteiger partial charge in [0.05, 0.1) is 0 Å². The number of carbonyl (C=O) groups excluding carboxylic acids is 1. The van der Waals surface area contributed by atoms with Gasteiger partial charge in [-0.25, -0.2) is 0 Å². The molecule has 0 aromatic rings. The third-order valence-corrected chi connectivity index (χ3v) is 2.46. The maximum absolute atomic E-state index is 11.6. The van der Waals surface area contributed by atoms with E-state index >= 15 is 0 Å². The van der Waals surface area contributed by atoms with Crippen molar-refractivity contribution in [2.24, 2.45) is 0 Å². The lowest BCUT2D eigenvalue weighted by atomic mass is 10.2. The SMILES string of the molecule is CCOC(C)N1CCCCCC1=O. The highest BCUT2D eigenvalue weighted by Crippen LogP contribution is 2.14. The van der Waals surface area contributed by atoms with Crippen LogP contribution in [0, 0.1) is 0 Å². The molecule has 0 bridgehead atoms. The van der Waals surface area contributed by atoms with Crippen LogP contribution in [0.15, 0.2) is 0 Å². The fourth-order valence-corrected chi connectivity index (χ4v) is 1.72. The second kappa shape index (κ2) is 5.22. The summed E-state index contributed by atoms with van der Waals surface area (Å²) in [5, 5.41) is 0. The van der Waals surface area contributed by atoms with Gasteiger partial charge >= 0.3 is 0 Å². The predicted molar refractivity (Wildman–Crippen MR) is 51.3 cm³/mol. The van der Waals surface area contributed by atoms with Gasteiger partial charge in [-0.15, -0.1) is 0 Å². The summed E-state index contributed by atoms with van der Waals surface area (Å²) in [5.41, 5.74) is 0. The topological polar surface area (TPSA) is 29.5 Å². The largest absolute Gasteiger partial charge is 0.359 e. The van der Waals surface area contributed by atoms with Gasteiger partial charge in [0.15, 0.2) is 0 Å². The van der Waals surface area contributed by atoms with Crippen molar-refractivity contribution in [2.45, 2.75) is 45.8 Å². The van der Waals surface area contributed by atoms with Crippen molar-refractivity contribution >= 4 is 5.91 Å². The standard InChI is InChI=1S/C10H19NO2/c1-3-13-9(2)11-8-6-4-5-7-10(11)12/h9H,3-8H2,1-2H3. The van der Waals surface area contributed by atoms with Crippen LogP contribution < -0.4 is 0 Å². The Balaban J connectivity index is 2.48. The Morgan fingerprint density at radius 2 is 2.23 bits per heavy atom. The third-order valence-electron chi connectivity index (χ3n) is 2.46. The van der Waals surface area contributed by atoms with Gasteiger partial charge in [-0.2, -0.15) is 0 Å². The summed E-state index contributed by atoms with van der Waals surface area (Å²) in [6.45, 7) is 5.44. The normalized spacial score (nSPS) is 21.4. The zero-order valence-corrected chi connectivity index (χ0v) is 8.58. The molecule has 1 rings (SSSR count). The summed E-state index contributed by atoms with van der Waals surface area (Å²) in [5.74, 6) is 0.249. The molecule has 3 nitrogen and oxygen atoms in total. The van der Waals surface area contributed by atoms with Gasteiger partial charge < -0.3 is 9.64 Å². The summed E-state index contributed by atoms with van der Waals surface area (Å²) in [7, 11) is 0. The second-order valence-corrected chi connectivity index (χ2v) is 3.45. The number of rotatable bonds is 3. The number of likely N-dealkylation sites (tertiary alicyclic amines) is 1. The van der Waals surface area contributed by atoms with Crippen LogP contribution in [-0.4, -0.2) is 30.2 Å². The van der Waals surface area contributed by atoms with E-state index < -0.39 is 0 Å². The molecule has 0 saturated carbocycles. The molecule has 1 saturated heterocycles. The van der Waals surface area contributed by atoms with Crippen molar-refractivity contribution in [3.63, 3.8) is 0 Å². The summed E-state index contributed by atoms with van der Waals surface area (Å²) >= 11 is 0. The molecule has 1 aliphatic heterocycles. The van der Waals surface area contributed by atoms with Crippen LogP contribution in [-0.2, 0) is 9.53 Å². The van der Waals surface area contributed by atoms with Crippen LogP contribution in [0.25, 0.3) is 0 Å². The number of hydrogen-bond acceptors (Lipinski definition) is 2. The Kier molecular flexibility index (Phi) is 4.22. The zero-order chi connectivity index (χ0) is 9.68.